The fraction of sp³-hybridized carbons (Fsp3) is 0.476. The summed E-state index contributed by atoms with van der Waals surface area (Å²) in [5, 5.41) is 2.99. The van der Waals surface area contributed by atoms with E-state index in [1.54, 1.807) is 0 Å². The van der Waals surface area contributed by atoms with E-state index >= 15 is 0 Å². The molecular formula is C21H25FN4O3. The smallest absolute Gasteiger partial charge is 0.258 e. The van der Waals surface area contributed by atoms with Gasteiger partial charge in [0.1, 0.15) is 11.6 Å². The van der Waals surface area contributed by atoms with Gasteiger partial charge in [-0.15, -0.1) is 0 Å². The van der Waals surface area contributed by atoms with Crippen molar-refractivity contribution in [3.8, 4) is 5.75 Å². The van der Waals surface area contributed by atoms with Crippen LogP contribution >= 0.6 is 0 Å². The Bertz CT molecular complexity index is 827. The number of nitrogens with one attached hydrogen (secondary N) is 1. The topological polar surface area (TPSA) is 76.6 Å². The van der Waals surface area contributed by atoms with Gasteiger partial charge in [0.2, 0.25) is 5.95 Å². The lowest BCUT2D eigenvalue weighted by Gasteiger charge is -2.23. The predicted octanol–water partition coefficient (Wildman–Crippen LogP) is 2.28. The zero-order valence-electron chi connectivity index (χ0n) is 16.2. The molecule has 1 N–H and O–H groups in total. The van der Waals surface area contributed by atoms with Gasteiger partial charge in [0, 0.05) is 50.2 Å². The number of hydrogen-bond acceptors (Lipinski definition) is 6. The van der Waals surface area contributed by atoms with Gasteiger partial charge in [-0.2, -0.15) is 0 Å². The van der Waals surface area contributed by atoms with Crippen LogP contribution in [-0.4, -0.2) is 54.8 Å². The lowest BCUT2D eigenvalue weighted by atomic mass is 9.96. The minimum atomic E-state index is -0.337. The van der Waals surface area contributed by atoms with Gasteiger partial charge in [0.15, 0.2) is 6.61 Å². The Hall–Kier alpha value is -2.74. The van der Waals surface area contributed by atoms with Crippen molar-refractivity contribution in [2.75, 3.05) is 37.8 Å². The third kappa shape index (κ3) is 5.20. The van der Waals surface area contributed by atoms with E-state index in [0.29, 0.717) is 24.2 Å². The number of halogens is 1. The largest absolute Gasteiger partial charge is 0.484 e. The molecule has 2 aromatic rings. The molecule has 3 heterocycles. The molecule has 2 aliphatic rings. The second kappa shape index (κ2) is 9.17. The van der Waals surface area contributed by atoms with Crippen molar-refractivity contribution < 1.29 is 18.7 Å². The van der Waals surface area contributed by atoms with E-state index in [9.17, 15) is 9.18 Å². The molecule has 1 unspecified atom stereocenters. The van der Waals surface area contributed by atoms with Gasteiger partial charge in [0.05, 0.1) is 0 Å². The molecule has 1 aromatic heterocycles. The molecule has 0 radical (unpaired) electrons. The molecule has 1 atom stereocenters. The van der Waals surface area contributed by atoms with Crippen molar-refractivity contribution >= 4 is 11.9 Å². The quantitative estimate of drug-likeness (QED) is 0.802. The average molecular weight is 400 g/mol. The molecule has 0 spiro atoms. The Labute approximate surface area is 169 Å². The van der Waals surface area contributed by atoms with Crippen molar-refractivity contribution in [2.24, 2.45) is 0 Å². The number of amides is 1. The van der Waals surface area contributed by atoms with Crippen LogP contribution in [0, 0.1) is 5.82 Å². The molecule has 2 fully saturated rings. The number of benzene rings is 1. The maximum Gasteiger partial charge on any atom is 0.258 e. The van der Waals surface area contributed by atoms with Crippen LogP contribution in [0.4, 0.5) is 10.3 Å². The molecule has 0 saturated carbocycles. The normalized spacial score (nSPS) is 19.9. The molecular weight excluding hydrogens is 375 g/mol. The van der Waals surface area contributed by atoms with Gasteiger partial charge >= 0.3 is 0 Å². The van der Waals surface area contributed by atoms with Gasteiger partial charge < -0.3 is 19.7 Å². The van der Waals surface area contributed by atoms with E-state index < -0.39 is 0 Å². The van der Waals surface area contributed by atoms with E-state index in [1.807, 2.05) is 12.3 Å². The maximum absolute atomic E-state index is 12.9. The van der Waals surface area contributed by atoms with E-state index in [1.165, 1.54) is 24.3 Å². The van der Waals surface area contributed by atoms with Crippen LogP contribution in [0.25, 0.3) is 0 Å². The molecule has 1 amide bonds. The number of aromatic nitrogens is 2. The molecule has 0 aliphatic carbocycles. The van der Waals surface area contributed by atoms with E-state index in [0.717, 1.165) is 44.7 Å². The molecule has 0 bridgehead atoms. The zero-order valence-corrected chi connectivity index (χ0v) is 16.2. The number of rotatable bonds is 6. The summed E-state index contributed by atoms with van der Waals surface area (Å²) in [6, 6.07) is 7.62. The molecule has 154 valence electrons. The third-order valence-corrected chi connectivity index (χ3v) is 5.32. The number of ether oxygens (including phenoxy) is 2. The highest BCUT2D eigenvalue weighted by Gasteiger charge is 2.26. The summed E-state index contributed by atoms with van der Waals surface area (Å²) in [4.78, 5) is 23.5. The maximum atomic E-state index is 12.9. The monoisotopic (exact) mass is 400 g/mol. The van der Waals surface area contributed by atoms with Crippen molar-refractivity contribution in [1.29, 1.82) is 0 Å². The number of carbonyl (C=O) groups is 1. The molecule has 29 heavy (non-hydrogen) atoms. The van der Waals surface area contributed by atoms with Gasteiger partial charge in [-0.25, -0.2) is 14.4 Å². The summed E-state index contributed by atoms with van der Waals surface area (Å²) in [5.74, 6) is 1.07. The molecule has 2 saturated heterocycles. The SMILES string of the molecule is O=C(COc1ccc(F)cc1)NC1CCN(c2nccc(C3CCOCC3)n2)C1. The Kier molecular flexibility index (Phi) is 6.19. The zero-order chi connectivity index (χ0) is 20.1. The summed E-state index contributed by atoms with van der Waals surface area (Å²) in [6.07, 6.45) is 4.62. The Balaban J connectivity index is 1.27. The molecule has 2 aliphatic heterocycles. The second-order valence-electron chi connectivity index (χ2n) is 7.41. The lowest BCUT2D eigenvalue weighted by molar-refractivity contribution is -0.123. The van der Waals surface area contributed by atoms with Crippen molar-refractivity contribution in [2.45, 2.75) is 31.2 Å². The molecule has 1 aromatic carbocycles. The molecule has 4 rings (SSSR count). The van der Waals surface area contributed by atoms with Crippen molar-refractivity contribution in [1.82, 2.24) is 15.3 Å². The summed E-state index contributed by atoms with van der Waals surface area (Å²) in [7, 11) is 0. The van der Waals surface area contributed by atoms with Crippen molar-refractivity contribution in [3.63, 3.8) is 0 Å². The first-order chi connectivity index (χ1) is 14.2. The van der Waals surface area contributed by atoms with Crippen LogP contribution in [0.3, 0.4) is 0 Å². The Morgan fingerprint density at radius 1 is 1.21 bits per heavy atom. The van der Waals surface area contributed by atoms with Crippen LogP contribution in [0.1, 0.15) is 30.9 Å². The fourth-order valence-electron chi connectivity index (χ4n) is 3.74. The minimum absolute atomic E-state index is 0.0228. The highest BCUT2D eigenvalue weighted by Crippen LogP contribution is 2.26. The summed E-state index contributed by atoms with van der Waals surface area (Å²) < 4.78 is 23.7. The second-order valence-corrected chi connectivity index (χ2v) is 7.41. The van der Waals surface area contributed by atoms with Crippen LogP contribution in [0.2, 0.25) is 0 Å². The number of carbonyl (C=O) groups excluding carboxylic acids is 1. The van der Waals surface area contributed by atoms with Gasteiger partial charge in [-0.05, 0) is 49.6 Å². The van der Waals surface area contributed by atoms with E-state index in [-0.39, 0.29) is 24.4 Å². The predicted molar refractivity (Wildman–Crippen MR) is 105 cm³/mol. The standard InChI is InChI=1S/C21H25FN4O3/c22-16-1-3-18(4-2-16)29-14-20(27)24-17-6-10-26(13-17)21-23-9-5-19(25-21)15-7-11-28-12-8-15/h1-5,9,15,17H,6-8,10-14H2,(H,24,27). The van der Waals surface area contributed by atoms with Crippen molar-refractivity contribution in [3.05, 3.63) is 48.0 Å². The summed E-state index contributed by atoms with van der Waals surface area (Å²) >= 11 is 0. The molecule has 8 heteroatoms. The van der Waals surface area contributed by atoms with Crippen LogP contribution in [0.15, 0.2) is 36.5 Å². The summed E-state index contributed by atoms with van der Waals surface area (Å²) in [6.45, 7) is 2.92. The third-order valence-electron chi connectivity index (χ3n) is 5.32. The number of hydrogen-bond donors (Lipinski definition) is 1. The molecule has 7 nitrogen and oxygen atoms in total. The van der Waals surface area contributed by atoms with Crippen LogP contribution in [-0.2, 0) is 9.53 Å². The fourth-order valence-corrected chi connectivity index (χ4v) is 3.74. The first-order valence-electron chi connectivity index (χ1n) is 10.0. The highest BCUT2D eigenvalue weighted by molar-refractivity contribution is 5.78. The average Bonchev–Trinajstić information content (AvgIpc) is 3.22. The van der Waals surface area contributed by atoms with E-state index in [2.05, 4.69) is 15.2 Å². The highest BCUT2D eigenvalue weighted by atomic mass is 19.1. The van der Waals surface area contributed by atoms with Gasteiger partial charge in [0.25, 0.3) is 5.91 Å². The summed E-state index contributed by atoms with van der Waals surface area (Å²) in [5.41, 5.74) is 1.07. The van der Waals surface area contributed by atoms with Crippen LogP contribution < -0.4 is 15.0 Å². The Morgan fingerprint density at radius 2 is 2.00 bits per heavy atom. The lowest BCUT2D eigenvalue weighted by Crippen LogP contribution is -2.39. The number of nitrogens with zero attached hydrogens (tertiary/aromatic N) is 3. The minimum Gasteiger partial charge on any atom is -0.484 e. The van der Waals surface area contributed by atoms with Gasteiger partial charge in [-0.3, -0.25) is 4.79 Å². The van der Waals surface area contributed by atoms with E-state index in [4.69, 9.17) is 14.5 Å². The van der Waals surface area contributed by atoms with Gasteiger partial charge in [-0.1, -0.05) is 0 Å². The first kappa shape index (κ1) is 19.6. The van der Waals surface area contributed by atoms with Crippen LogP contribution in [0.5, 0.6) is 5.75 Å². The number of anilines is 1. The first-order valence-corrected chi connectivity index (χ1v) is 10.0. The Morgan fingerprint density at radius 3 is 2.79 bits per heavy atom.